The van der Waals surface area contributed by atoms with Crippen molar-refractivity contribution in [2.45, 2.75) is 39.3 Å². The lowest BCUT2D eigenvalue weighted by Gasteiger charge is -2.08. The van der Waals surface area contributed by atoms with E-state index in [1.807, 2.05) is 20.8 Å². The van der Waals surface area contributed by atoms with E-state index >= 15 is 0 Å². The first-order valence-electron chi connectivity index (χ1n) is 4.13. The summed E-state index contributed by atoms with van der Waals surface area (Å²) in [6.07, 6.45) is 0.727. The SMILES string of the molecule is CC(N)Cc1nnnn1C(C)C. The monoisotopic (exact) mass is 169 g/mol. The summed E-state index contributed by atoms with van der Waals surface area (Å²) in [6.45, 7) is 6.03. The van der Waals surface area contributed by atoms with E-state index in [4.69, 9.17) is 5.73 Å². The lowest BCUT2D eigenvalue weighted by atomic mass is 10.2. The summed E-state index contributed by atoms with van der Waals surface area (Å²) in [6, 6.07) is 0.405. The van der Waals surface area contributed by atoms with E-state index in [0.29, 0.717) is 6.04 Å². The first-order valence-corrected chi connectivity index (χ1v) is 4.13. The molecule has 1 aromatic heterocycles. The van der Waals surface area contributed by atoms with Crippen LogP contribution in [-0.2, 0) is 6.42 Å². The summed E-state index contributed by atoms with van der Waals surface area (Å²) in [5, 5.41) is 11.4. The number of nitrogens with two attached hydrogens (primary N) is 1. The molecule has 0 aliphatic rings. The van der Waals surface area contributed by atoms with Gasteiger partial charge in [0.15, 0.2) is 5.82 Å². The zero-order valence-corrected chi connectivity index (χ0v) is 7.73. The zero-order valence-electron chi connectivity index (χ0n) is 7.73. The highest BCUT2D eigenvalue weighted by atomic mass is 15.5. The zero-order chi connectivity index (χ0) is 9.14. The van der Waals surface area contributed by atoms with Crippen LogP contribution in [-0.4, -0.2) is 26.2 Å². The lowest BCUT2D eigenvalue weighted by Crippen LogP contribution is -2.21. The van der Waals surface area contributed by atoms with Crippen LogP contribution in [0.1, 0.15) is 32.6 Å². The summed E-state index contributed by atoms with van der Waals surface area (Å²) < 4.78 is 1.80. The maximum absolute atomic E-state index is 5.64. The summed E-state index contributed by atoms with van der Waals surface area (Å²) in [5.41, 5.74) is 5.64. The van der Waals surface area contributed by atoms with Crippen molar-refractivity contribution in [2.75, 3.05) is 0 Å². The molecule has 1 unspecified atom stereocenters. The molecule has 0 aliphatic heterocycles. The van der Waals surface area contributed by atoms with E-state index in [0.717, 1.165) is 12.2 Å². The Morgan fingerprint density at radius 2 is 2.08 bits per heavy atom. The van der Waals surface area contributed by atoms with E-state index in [1.54, 1.807) is 4.68 Å². The van der Waals surface area contributed by atoms with Crippen molar-refractivity contribution in [3.8, 4) is 0 Å². The van der Waals surface area contributed by atoms with Gasteiger partial charge in [-0.3, -0.25) is 0 Å². The number of hydrogen-bond donors (Lipinski definition) is 1. The van der Waals surface area contributed by atoms with Gasteiger partial charge in [-0.15, -0.1) is 5.10 Å². The molecule has 0 aliphatic carbocycles. The minimum absolute atomic E-state index is 0.105. The Balaban J connectivity index is 2.77. The van der Waals surface area contributed by atoms with Gasteiger partial charge in [0.2, 0.25) is 0 Å². The summed E-state index contributed by atoms with van der Waals surface area (Å²) in [4.78, 5) is 0. The maximum atomic E-state index is 5.64. The quantitative estimate of drug-likeness (QED) is 0.699. The van der Waals surface area contributed by atoms with Crippen LogP contribution in [0.2, 0.25) is 0 Å². The average molecular weight is 169 g/mol. The second-order valence-corrected chi connectivity index (χ2v) is 3.31. The highest BCUT2D eigenvalue weighted by Crippen LogP contribution is 2.04. The molecule has 0 fully saturated rings. The number of rotatable bonds is 3. The Morgan fingerprint density at radius 3 is 2.58 bits per heavy atom. The maximum Gasteiger partial charge on any atom is 0.153 e. The Morgan fingerprint density at radius 1 is 1.42 bits per heavy atom. The molecule has 0 bridgehead atoms. The molecule has 1 atom stereocenters. The molecule has 5 nitrogen and oxygen atoms in total. The second-order valence-electron chi connectivity index (χ2n) is 3.31. The fourth-order valence-electron chi connectivity index (χ4n) is 1.04. The van der Waals surface area contributed by atoms with Crippen molar-refractivity contribution >= 4 is 0 Å². The molecule has 1 heterocycles. The lowest BCUT2D eigenvalue weighted by molar-refractivity contribution is 0.485. The van der Waals surface area contributed by atoms with Crippen LogP contribution >= 0.6 is 0 Å². The molecule has 0 saturated carbocycles. The third kappa shape index (κ3) is 2.01. The molecule has 0 saturated heterocycles. The van der Waals surface area contributed by atoms with Crippen molar-refractivity contribution in [1.82, 2.24) is 20.2 Å². The predicted octanol–water partition coefficient (Wildman–Crippen LogP) is 0.144. The summed E-state index contributed by atoms with van der Waals surface area (Å²) in [7, 11) is 0. The largest absolute Gasteiger partial charge is 0.328 e. The van der Waals surface area contributed by atoms with Crippen molar-refractivity contribution < 1.29 is 0 Å². The normalized spacial score (nSPS) is 13.8. The molecule has 0 spiro atoms. The van der Waals surface area contributed by atoms with Gasteiger partial charge in [-0.05, 0) is 31.2 Å². The van der Waals surface area contributed by atoms with Gasteiger partial charge in [0.05, 0.1) is 6.04 Å². The molecule has 0 amide bonds. The first-order chi connectivity index (χ1) is 5.61. The number of nitrogens with zero attached hydrogens (tertiary/aromatic N) is 4. The average Bonchev–Trinajstić information content (AvgIpc) is 2.33. The van der Waals surface area contributed by atoms with E-state index in [2.05, 4.69) is 15.5 Å². The Hall–Kier alpha value is -0.970. The van der Waals surface area contributed by atoms with Crippen LogP contribution in [0.25, 0.3) is 0 Å². The van der Waals surface area contributed by atoms with Gasteiger partial charge in [-0.2, -0.15) is 0 Å². The highest BCUT2D eigenvalue weighted by Gasteiger charge is 2.09. The van der Waals surface area contributed by atoms with Gasteiger partial charge < -0.3 is 5.73 Å². The minimum atomic E-state index is 0.105. The molecule has 0 aromatic carbocycles. The second kappa shape index (κ2) is 3.62. The molecule has 68 valence electrons. The van der Waals surface area contributed by atoms with E-state index in [-0.39, 0.29) is 6.04 Å². The molecule has 1 rings (SSSR count). The van der Waals surface area contributed by atoms with Crippen LogP contribution in [0.5, 0.6) is 0 Å². The van der Waals surface area contributed by atoms with E-state index in [1.165, 1.54) is 0 Å². The summed E-state index contributed by atoms with van der Waals surface area (Å²) >= 11 is 0. The van der Waals surface area contributed by atoms with Crippen LogP contribution in [0.4, 0.5) is 0 Å². The highest BCUT2D eigenvalue weighted by molar-refractivity contribution is 4.85. The molecule has 12 heavy (non-hydrogen) atoms. The Labute approximate surface area is 71.9 Å². The van der Waals surface area contributed by atoms with Crippen molar-refractivity contribution in [1.29, 1.82) is 0 Å². The Bertz CT molecular complexity index is 240. The van der Waals surface area contributed by atoms with Crippen molar-refractivity contribution in [3.05, 3.63) is 5.82 Å². The molecule has 0 radical (unpaired) electrons. The van der Waals surface area contributed by atoms with Crippen LogP contribution < -0.4 is 5.73 Å². The van der Waals surface area contributed by atoms with Gasteiger partial charge in [0.1, 0.15) is 0 Å². The van der Waals surface area contributed by atoms with E-state index in [9.17, 15) is 0 Å². The van der Waals surface area contributed by atoms with Gasteiger partial charge in [0.25, 0.3) is 0 Å². The van der Waals surface area contributed by atoms with Gasteiger partial charge >= 0.3 is 0 Å². The number of aromatic nitrogens is 4. The smallest absolute Gasteiger partial charge is 0.153 e. The summed E-state index contributed by atoms with van der Waals surface area (Å²) in [5.74, 6) is 0.861. The van der Waals surface area contributed by atoms with Crippen LogP contribution in [0, 0.1) is 0 Å². The Kier molecular flexibility index (Phi) is 2.75. The van der Waals surface area contributed by atoms with E-state index < -0.39 is 0 Å². The molecular formula is C7H15N5. The number of tetrazole rings is 1. The number of hydrogen-bond acceptors (Lipinski definition) is 4. The van der Waals surface area contributed by atoms with Crippen molar-refractivity contribution in [3.63, 3.8) is 0 Å². The van der Waals surface area contributed by atoms with Gasteiger partial charge in [-0.1, -0.05) is 0 Å². The third-order valence-electron chi connectivity index (χ3n) is 1.55. The topological polar surface area (TPSA) is 69.6 Å². The fraction of sp³-hybridized carbons (Fsp3) is 0.857. The molecule has 5 heteroatoms. The van der Waals surface area contributed by atoms with Crippen LogP contribution in [0.15, 0.2) is 0 Å². The van der Waals surface area contributed by atoms with Gasteiger partial charge in [0, 0.05) is 12.5 Å². The molecule has 2 N–H and O–H groups in total. The van der Waals surface area contributed by atoms with Crippen molar-refractivity contribution in [2.24, 2.45) is 5.73 Å². The molecule has 1 aromatic rings. The molecular weight excluding hydrogens is 154 g/mol. The third-order valence-corrected chi connectivity index (χ3v) is 1.55. The minimum Gasteiger partial charge on any atom is -0.328 e. The van der Waals surface area contributed by atoms with Gasteiger partial charge in [-0.25, -0.2) is 4.68 Å². The predicted molar refractivity (Wildman–Crippen MR) is 45.6 cm³/mol. The standard InChI is InChI=1S/C7H15N5/c1-5(2)12-7(4-6(3)8)9-10-11-12/h5-6H,4,8H2,1-3H3. The first kappa shape index (κ1) is 9.12. The fourth-order valence-corrected chi connectivity index (χ4v) is 1.04. The van der Waals surface area contributed by atoms with Crippen LogP contribution in [0.3, 0.4) is 0 Å².